The molecule has 8 heteroatoms. The van der Waals surface area contributed by atoms with Gasteiger partial charge in [0.1, 0.15) is 25.3 Å². The van der Waals surface area contributed by atoms with E-state index in [1.165, 1.54) is 0 Å². The summed E-state index contributed by atoms with van der Waals surface area (Å²) >= 11 is 0. The minimum atomic E-state index is -0.383. The lowest BCUT2D eigenvalue weighted by Crippen LogP contribution is -2.09. The van der Waals surface area contributed by atoms with Crippen molar-refractivity contribution in [1.82, 2.24) is 29.5 Å². The summed E-state index contributed by atoms with van der Waals surface area (Å²) in [6, 6.07) is 3.51. The number of rotatable bonds is 4. The van der Waals surface area contributed by atoms with Gasteiger partial charge >= 0.3 is 5.97 Å². The second-order valence-corrected chi connectivity index (χ2v) is 4.60. The van der Waals surface area contributed by atoms with Crippen LogP contribution in [0.25, 0.3) is 11.4 Å². The molecule has 3 aromatic rings. The fourth-order valence-electron chi connectivity index (χ4n) is 2.20. The molecule has 0 bridgehead atoms. The third-order valence-electron chi connectivity index (χ3n) is 3.26. The molecule has 3 rings (SSSR count). The first-order valence-corrected chi connectivity index (χ1v) is 6.72. The van der Waals surface area contributed by atoms with E-state index in [1.54, 1.807) is 53.5 Å². The predicted octanol–water partition coefficient (Wildman–Crippen LogP) is 1.33. The van der Waals surface area contributed by atoms with Gasteiger partial charge in [-0.05, 0) is 31.5 Å². The van der Waals surface area contributed by atoms with E-state index in [1.807, 2.05) is 6.92 Å². The fourth-order valence-corrected chi connectivity index (χ4v) is 2.20. The van der Waals surface area contributed by atoms with Crippen molar-refractivity contribution in [2.24, 2.45) is 0 Å². The molecule has 1 aromatic carbocycles. The summed E-state index contributed by atoms with van der Waals surface area (Å²) in [5.41, 5.74) is 2.96. The number of benzene rings is 1. The lowest BCUT2D eigenvalue weighted by molar-refractivity contribution is 0.0526. The highest BCUT2D eigenvalue weighted by molar-refractivity contribution is 5.91. The van der Waals surface area contributed by atoms with Crippen LogP contribution in [0.3, 0.4) is 0 Å². The second kappa shape index (κ2) is 5.76. The first-order chi connectivity index (χ1) is 10.7. The molecule has 2 heterocycles. The van der Waals surface area contributed by atoms with E-state index in [2.05, 4.69) is 20.4 Å². The Bertz CT molecular complexity index is 725. The standard InChI is InChI=1S/C14H14N6O2/c1-3-22-14(21)11-4-12(19-6-15-16-7-19)10(2)13(5-11)20-8-17-18-9-20/h4-9H,3H2,1-2H3. The number of hydrogen-bond donors (Lipinski definition) is 0. The maximum Gasteiger partial charge on any atom is 0.338 e. The van der Waals surface area contributed by atoms with Gasteiger partial charge in [-0.3, -0.25) is 9.13 Å². The lowest BCUT2D eigenvalue weighted by atomic mass is 10.1. The van der Waals surface area contributed by atoms with Gasteiger partial charge in [-0.15, -0.1) is 20.4 Å². The van der Waals surface area contributed by atoms with Gasteiger partial charge in [0.05, 0.1) is 23.5 Å². The number of hydrogen-bond acceptors (Lipinski definition) is 6. The maximum atomic E-state index is 12.1. The molecule has 0 aliphatic carbocycles. The van der Waals surface area contributed by atoms with Crippen LogP contribution in [0.2, 0.25) is 0 Å². The van der Waals surface area contributed by atoms with Crippen LogP contribution in [0.4, 0.5) is 0 Å². The average Bonchev–Trinajstić information content (AvgIpc) is 3.21. The lowest BCUT2D eigenvalue weighted by Gasteiger charge is -2.14. The summed E-state index contributed by atoms with van der Waals surface area (Å²) in [5.74, 6) is -0.383. The third-order valence-corrected chi connectivity index (χ3v) is 3.26. The van der Waals surface area contributed by atoms with Crippen LogP contribution in [-0.4, -0.2) is 42.1 Å². The zero-order valence-electron chi connectivity index (χ0n) is 12.2. The number of ether oxygens (including phenoxy) is 1. The quantitative estimate of drug-likeness (QED) is 0.675. The Morgan fingerprint density at radius 3 is 1.86 bits per heavy atom. The molecule has 0 aliphatic heterocycles. The Balaban J connectivity index is 2.19. The van der Waals surface area contributed by atoms with E-state index >= 15 is 0 Å². The molecular weight excluding hydrogens is 284 g/mol. The highest BCUT2D eigenvalue weighted by Crippen LogP contribution is 2.24. The van der Waals surface area contributed by atoms with Crippen LogP contribution in [0.15, 0.2) is 37.4 Å². The maximum absolute atomic E-state index is 12.1. The van der Waals surface area contributed by atoms with E-state index < -0.39 is 0 Å². The van der Waals surface area contributed by atoms with Gasteiger partial charge in [0, 0.05) is 0 Å². The summed E-state index contributed by atoms with van der Waals surface area (Å²) in [4.78, 5) is 12.1. The van der Waals surface area contributed by atoms with Crippen molar-refractivity contribution in [2.45, 2.75) is 13.8 Å². The molecule has 0 atom stereocenters. The summed E-state index contributed by atoms with van der Waals surface area (Å²) < 4.78 is 8.58. The molecule has 0 aliphatic rings. The topological polar surface area (TPSA) is 87.7 Å². The SMILES string of the molecule is CCOC(=O)c1cc(-n2cnnc2)c(C)c(-n2cnnc2)c1. The number of carbonyl (C=O) groups excluding carboxylic acids is 1. The monoisotopic (exact) mass is 298 g/mol. The molecule has 22 heavy (non-hydrogen) atoms. The molecule has 0 saturated heterocycles. The van der Waals surface area contributed by atoms with Crippen LogP contribution in [0.1, 0.15) is 22.8 Å². The Hall–Kier alpha value is -3.03. The van der Waals surface area contributed by atoms with Gasteiger partial charge in [0.2, 0.25) is 0 Å². The molecule has 112 valence electrons. The minimum Gasteiger partial charge on any atom is -0.462 e. The first kappa shape index (κ1) is 13.9. The number of esters is 1. The van der Waals surface area contributed by atoms with E-state index in [-0.39, 0.29) is 5.97 Å². The van der Waals surface area contributed by atoms with Crippen molar-refractivity contribution in [3.63, 3.8) is 0 Å². The zero-order chi connectivity index (χ0) is 15.5. The van der Waals surface area contributed by atoms with Gasteiger partial charge in [-0.2, -0.15) is 0 Å². The fraction of sp³-hybridized carbons (Fsp3) is 0.214. The Kier molecular flexibility index (Phi) is 3.65. The molecule has 0 spiro atoms. The van der Waals surface area contributed by atoms with Crippen LogP contribution in [0.5, 0.6) is 0 Å². The summed E-state index contributed by atoms with van der Waals surface area (Å²) in [7, 11) is 0. The third kappa shape index (κ3) is 2.46. The molecule has 0 unspecified atom stereocenters. The molecule has 0 saturated carbocycles. The normalized spacial score (nSPS) is 10.6. The Labute approximate surface area is 126 Å². The molecule has 2 aromatic heterocycles. The number of aromatic nitrogens is 6. The Morgan fingerprint density at radius 1 is 1.00 bits per heavy atom. The van der Waals surface area contributed by atoms with Crippen molar-refractivity contribution >= 4 is 5.97 Å². The molecule has 0 fully saturated rings. The largest absolute Gasteiger partial charge is 0.462 e. The summed E-state index contributed by atoms with van der Waals surface area (Å²) in [5, 5.41) is 15.2. The predicted molar refractivity (Wildman–Crippen MR) is 77.0 cm³/mol. The highest BCUT2D eigenvalue weighted by atomic mass is 16.5. The minimum absolute atomic E-state index is 0.316. The molecule has 0 radical (unpaired) electrons. The van der Waals surface area contributed by atoms with Crippen LogP contribution in [-0.2, 0) is 4.74 Å². The second-order valence-electron chi connectivity index (χ2n) is 4.60. The van der Waals surface area contributed by atoms with Gasteiger partial charge in [-0.25, -0.2) is 4.79 Å². The van der Waals surface area contributed by atoms with E-state index in [0.29, 0.717) is 12.2 Å². The average molecular weight is 298 g/mol. The van der Waals surface area contributed by atoms with E-state index in [4.69, 9.17) is 4.74 Å². The van der Waals surface area contributed by atoms with Crippen molar-refractivity contribution in [2.75, 3.05) is 6.61 Å². The van der Waals surface area contributed by atoms with Crippen LogP contribution >= 0.6 is 0 Å². The summed E-state index contributed by atoms with van der Waals surface area (Å²) in [6.07, 6.45) is 6.31. The van der Waals surface area contributed by atoms with Gasteiger partial charge in [0.15, 0.2) is 0 Å². The van der Waals surface area contributed by atoms with Crippen LogP contribution in [0, 0.1) is 6.92 Å². The molecule has 0 N–H and O–H groups in total. The highest BCUT2D eigenvalue weighted by Gasteiger charge is 2.15. The molecule has 0 amide bonds. The van der Waals surface area contributed by atoms with Crippen molar-refractivity contribution in [3.05, 3.63) is 48.6 Å². The van der Waals surface area contributed by atoms with Crippen molar-refractivity contribution in [1.29, 1.82) is 0 Å². The molecule has 8 nitrogen and oxygen atoms in total. The number of carbonyl (C=O) groups is 1. The molecular formula is C14H14N6O2. The van der Waals surface area contributed by atoms with E-state index in [9.17, 15) is 4.79 Å². The number of nitrogens with zero attached hydrogens (tertiary/aromatic N) is 6. The van der Waals surface area contributed by atoms with E-state index in [0.717, 1.165) is 16.9 Å². The summed E-state index contributed by atoms with van der Waals surface area (Å²) in [6.45, 7) is 4.03. The van der Waals surface area contributed by atoms with Crippen molar-refractivity contribution < 1.29 is 9.53 Å². The smallest absolute Gasteiger partial charge is 0.338 e. The zero-order valence-corrected chi connectivity index (χ0v) is 12.2. The van der Waals surface area contributed by atoms with Crippen molar-refractivity contribution in [3.8, 4) is 11.4 Å². The first-order valence-electron chi connectivity index (χ1n) is 6.72. The van der Waals surface area contributed by atoms with Crippen LogP contribution < -0.4 is 0 Å². The Morgan fingerprint density at radius 2 is 1.45 bits per heavy atom. The van der Waals surface area contributed by atoms with Gasteiger partial charge in [0.25, 0.3) is 0 Å². The van der Waals surface area contributed by atoms with Gasteiger partial charge < -0.3 is 4.74 Å². The van der Waals surface area contributed by atoms with Gasteiger partial charge in [-0.1, -0.05) is 0 Å².